The van der Waals surface area contributed by atoms with Crippen LogP contribution in [0.5, 0.6) is 0 Å². The highest BCUT2D eigenvalue weighted by Gasteiger charge is 2.01. The van der Waals surface area contributed by atoms with Crippen molar-refractivity contribution < 1.29 is 4.79 Å². The molecule has 0 aliphatic rings. The van der Waals surface area contributed by atoms with Crippen LogP contribution in [0, 0.1) is 0 Å². The third kappa shape index (κ3) is 7.93. The van der Waals surface area contributed by atoms with Gasteiger partial charge in [0.15, 0.2) is 0 Å². The minimum atomic E-state index is 0.0383. The van der Waals surface area contributed by atoms with Crippen LogP contribution in [0.15, 0.2) is 61.7 Å². The van der Waals surface area contributed by atoms with Gasteiger partial charge in [0.1, 0.15) is 0 Å². The van der Waals surface area contributed by atoms with Crippen LogP contribution in [0.3, 0.4) is 0 Å². The number of unbranched alkanes of at least 4 members (excludes halogenated alkanes) is 1. The van der Waals surface area contributed by atoms with Crippen molar-refractivity contribution >= 4 is 11.6 Å². The summed E-state index contributed by atoms with van der Waals surface area (Å²) in [6.45, 7) is 7.33. The number of allylic oxidation sites excluding steroid dienone is 4. The molecule has 112 valence electrons. The number of hydrogen-bond acceptors (Lipinski definition) is 1. The number of nitrogens with one attached hydrogen (secondary N) is 1. The van der Waals surface area contributed by atoms with Gasteiger partial charge in [-0.15, -0.1) is 13.2 Å². The second-order valence-corrected chi connectivity index (χ2v) is 4.95. The van der Waals surface area contributed by atoms with Crippen molar-refractivity contribution in [2.75, 3.05) is 5.32 Å². The van der Waals surface area contributed by atoms with Gasteiger partial charge in [-0.25, -0.2) is 0 Å². The van der Waals surface area contributed by atoms with E-state index in [9.17, 15) is 4.79 Å². The summed E-state index contributed by atoms with van der Waals surface area (Å²) in [5.74, 6) is 0.0383. The standard InChI is InChI=1S/C19H25NO/c1-3-5-7-8-9-10-12-17-13-11-14-18(16-17)20-19(21)15-6-4-2/h3-4,8-9,11,13-14,16H,1-2,5-7,10,12,15H2,(H,20,21)/b9-8+. The van der Waals surface area contributed by atoms with Crippen LogP contribution in [0.1, 0.15) is 37.7 Å². The van der Waals surface area contributed by atoms with Crippen LogP contribution < -0.4 is 5.32 Å². The fourth-order valence-electron chi connectivity index (χ4n) is 1.96. The SMILES string of the molecule is C=CCC/C=C/CCc1cccc(NC(=O)CCC=C)c1. The quantitative estimate of drug-likeness (QED) is 0.472. The van der Waals surface area contributed by atoms with E-state index in [1.807, 2.05) is 24.3 Å². The van der Waals surface area contributed by atoms with E-state index >= 15 is 0 Å². The van der Waals surface area contributed by atoms with E-state index in [1.54, 1.807) is 6.08 Å². The fraction of sp³-hybridized carbons (Fsp3) is 0.316. The maximum atomic E-state index is 11.7. The molecule has 1 N–H and O–H groups in total. The third-order valence-electron chi connectivity index (χ3n) is 3.09. The Morgan fingerprint density at radius 2 is 1.81 bits per heavy atom. The molecule has 0 unspecified atom stereocenters. The molecule has 0 saturated heterocycles. The summed E-state index contributed by atoms with van der Waals surface area (Å²) in [5.41, 5.74) is 2.11. The first kappa shape index (κ1) is 17.0. The smallest absolute Gasteiger partial charge is 0.224 e. The maximum absolute atomic E-state index is 11.7. The summed E-state index contributed by atoms with van der Waals surface area (Å²) >= 11 is 0. The Morgan fingerprint density at radius 3 is 2.57 bits per heavy atom. The number of benzene rings is 1. The lowest BCUT2D eigenvalue weighted by molar-refractivity contribution is -0.116. The van der Waals surface area contributed by atoms with Gasteiger partial charge in [0, 0.05) is 12.1 Å². The number of amides is 1. The monoisotopic (exact) mass is 283 g/mol. The van der Waals surface area contributed by atoms with Crippen molar-refractivity contribution in [3.63, 3.8) is 0 Å². The molecule has 1 aromatic carbocycles. The summed E-state index contributed by atoms with van der Waals surface area (Å²) in [6, 6.07) is 8.05. The fourth-order valence-corrected chi connectivity index (χ4v) is 1.96. The van der Waals surface area contributed by atoms with E-state index < -0.39 is 0 Å². The molecule has 0 atom stereocenters. The van der Waals surface area contributed by atoms with Crippen molar-refractivity contribution in [1.82, 2.24) is 0 Å². The predicted octanol–water partition coefficient (Wildman–Crippen LogP) is 5.05. The molecule has 0 aliphatic heterocycles. The van der Waals surface area contributed by atoms with E-state index in [2.05, 4.69) is 36.7 Å². The molecule has 0 spiro atoms. The lowest BCUT2D eigenvalue weighted by Gasteiger charge is -2.06. The molecule has 1 rings (SSSR count). The first-order valence-electron chi connectivity index (χ1n) is 7.52. The summed E-state index contributed by atoms with van der Waals surface area (Å²) in [5, 5.41) is 2.92. The summed E-state index contributed by atoms with van der Waals surface area (Å²) in [4.78, 5) is 11.7. The zero-order chi connectivity index (χ0) is 15.3. The summed E-state index contributed by atoms with van der Waals surface area (Å²) in [6.07, 6.45) is 13.4. The normalized spacial score (nSPS) is 10.5. The lowest BCUT2D eigenvalue weighted by Crippen LogP contribution is -2.10. The minimum absolute atomic E-state index is 0.0383. The molecular formula is C19H25NO. The first-order valence-corrected chi connectivity index (χ1v) is 7.52. The van der Waals surface area contributed by atoms with Crippen LogP contribution in [0.4, 0.5) is 5.69 Å². The Bertz CT molecular complexity index is 488. The third-order valence-corrected chi connectivity index (χ3v) is 3.09. The highest BCUT2D eigenvalue weighted by molar-refractivity contribution is 5.90. The van der Waals surface area contributed by atoms with Gasteiger partial charge in [0.2, 0.25) is 5.91 Å². The molecular weight excluding hydrogens is 258 g/mol. The van der Waals surface area contributed by atoms with Crippen molar-refractivity contribution in [2.45, 2.75) is 38.5 Å². The Hall–Kier alpha value is -2.09. The second-order valence-electron chi connectivity index (χ2n) is 4.95. The largest absolute Gasteiger partial charge is 0.326 e. The first-order chi connectivity index (χ1) is 10.3. The zero-order valence-corrected chi connectivity index (χ0v) is 12.7. The molecule has 0 heterocycles. The lowest BCUT2D eigenvalue weighted by atomic mass is 10.1. The van der Waals surface area contributed by atoms with Crippen molar-refractivity contribution in [2.24, 2.45) is 0 Å². The molecule has 1 aromatic rings. The van der Waals surface area contributed by atoms with Crippen LogP contribution in [-0.4, -0.2) is 5.91 Å². The Kier molecular flexibility index (Phi) is 8.62. The number of aryl methyl sites for hydroxylation is 1. The topological polar surface area (TPSA) is 29.1 Å². The molecule has 0 fully saturated rings. The van der Waals surface area contributed by atoms with Crippen LogP contribution >= 0.6 is 0 Å². The average molecular weight is 283 g/mol. The molecule has 0 saturated carbocycles. The van der Waals surface area contributed by atoms with Gasteiger partial charge in [-0.3, -0.25) is 4.79 Å². The van der Waals surface area contributed by atoms with E-state index in [4.69, 9.17) is 0 Å². The predicted molar refractivity (Wildman–Crippen MR) is 91.4 cm³/mol. The number of anilines is 1. The van der Waals surface area contributed by atoms with Crippen molar-refractivity contribution in [3.05, 3.63) is 67.3 Å². The zero-order valence-electron chi connectivity index (χ0n) is 12.7. The van der Waals surface area contributed by atoms with Gasteiger partial charge in [0.05, 0.1) is 0 Å². The van der Waals surface area contributed by atoms with E-state index in [0.717, 1.165) is 31.4 Å². The molecule has 21 heavy (non-hydrogen) atoms. The van der Waals surface area contributed by atoms with E-state index in [0.29, 0.717) is 12.8 Å². The molecule has 1 amide bonds. The number of hydrogen-bond donors (Lipinski definition) is 1. The molecule has 0 aromatic heterocycles. The van der Waals surface area contributed by atoms with Crippen LogP contribution in [0.25, 0.3) is 0 Å². The molecule has 0 aliphatic carbocycles. The van der Waals surface area contributed by atoms with Crippen LogP contribution in [0.2, 0.25) is 0 Å². The van der Waals surface area contributed by atoms with Crippen LogP contribution in [-0.2, 0) is 11.2 Å². The van der Waals surface area contributed by atoms with E-state index in [1.165, 1.54) is 5.56 Å². The molecule has 2 nitrogen and oxygen atoms in total. The van der Waals surface area contributed by atoms with Gasteiger partial charge >= 0.3 is 0 Å². The van der Waals surface area contributed by atoms with Gasteiger partial charge in [0.25, 0.3) is 0 Å². The highest BCUT2D eigenvalue weighted by atomic mass is 16.1. The minimum Gasteiger partial charge on any atom is -0.326 e. The second kappa shape index (κ2) is 10.7. The highest BCUT2D eigenvalue weighted by Crippen LogP contribution is 2.13. The Labute approximate surface area is 128 Å². The van der Waals surface area contributed by atoms with Gasteiger partial charge < -0.3 is 5.32 Å². The summed E-state index contributed by atoms with van der Waals surface area (Å²) < 4.78 is 0. The number of rotatable bonds is 10. The van der Waals surface area contributed by atoms with Gasteiger partial charge in [-0.05, 0) is 49.8 Å². The summed E-state index contributed by atoms with van der Waals surface area (Å²) in [7, 11) is 0. The number of carbonyl (C=O) groups is 1. The maximum Gasteiger partial charge on any atom is 0.224 e. The van der Waals surface area contributed by atoms with E-state index in [-0.39, 0.29) is 5.91 Å². The molecule has 2 heteroatoms. The Morgan fingerprint density at radius 1 is 1.05 bits per heavy atom. The average Bonchev–Trinajstić information content (AvgIpc) is 2.49. The van der Waals surface area contributed by atoms with Crippen molar-refractivity contribution in [3.8, 4) is 0 Å². The number of carbonyl (C=O) groups excluding carboxylic acids is 1. The molecule has 0 bridgehead atoms. The van der Waals surface area contributed by atoms with Gasteiger partial charge in [-0.2, -0.15) is 0 Å². The van der Waals surface area contributed by atoms with Gasteiger partial charge in [-0.1, -0.05) is 36.4 Å². The Balaban J connectivity index is 2.41. The molecule has 0 radical (unpaired) electrons. The van der Waals surface area contributed by atoms with Crippen molar-refractivity contribution in [1.29, 1.82) is 0 Å².